The minimum Gasteiger partial charge on any atom is -0.394 e. The maximum absolute atomic E-state index is 9.65. The lowest BCUT2D eigenvalue weighted by Gasteiger charge is -2.12. The van der Waals surface area contributed by atoms with Crippen molar-refractivity contribution in [3.05, 3.63) is 0 Å². The van der Waals surface area contributed by atoms with Crippen LogP contribution in [-0.4, -0.2) is 75.5 Å². The Kier molecular flexibility index (Phi) is 6.38. The SMILES string of the molecule is [B][C@H]1CC(O)[C@@H](CO[P+](=S)OC2C[C@H]([B])O[C@@H]2CO)O1. The molecule has 20 heavy (non-hydrogen) atoms. The van der Waals surface area contributed by atoms with Crippen LogP contribution in [0.1, 0.15) is 12.8 Å². The van der Waals surface area contributed by atoms with Crippen LogP contribution in [0.2, 0.25) is 0 Å². The summed E-state index contributed by atoms with van der Waals surface area (Å²) in [6.45, 7) is -0.0658. The van der Waals surface area contributed by atoms with Crippen molar-refractivity contribution in [2.24, 2.45) is 0 Å². The van der Waals surface area contributed by atoms with Crippen molar-refractivity contribution in [1.29, 1.82) is 0 Å². The molecule has 0 aromatic heterocycles. The highest BCUT2D eigenvalue weighted by Gasteiger charge is 2.39. The molecular weight excluding hydrogens is 301 g/mol. The molecule has 2 N–H and O–H groups in total. The molecule has 0 bridgehead atoms. The van der Waals surface area contributed by atoms with Crippen molar-refractivity contribution in [3.63, 3.8) is 0 Å². The second-order valence-corrected chi connectivity index (χ2v) is 6.62. The second-order valence-electron chi connectivity index (χ2n) is 4.81. The van der Waals surface area contributed by atoms with E-state index in [0.717, 1.165) is 0 Å². The highest BCUT2D eigenvalue weighted by molar-refractivity contribution is 8.00. The molecule has 0 aromatic rings. The molecule has 0 aliphatic carbocycles. The molecule has 2 aliphatic heterocycles. The minimum atomic E-state index is -1.59. The maximum Gasteiger partial charge on any atom is 0.522 e. The Morgan fingerprint density at radius 3 is 2.45 bits per heavy atom. The Morgan fingerprint density at radius 2 is 1.85 bits per heavy atom. The van der Waals surface area contributed by atoms with Crippen molar-refractivity contribution in [3.8, 4) is 0 Å². The van der Waals surface area contributed by atoms with E-state index in [0.29, 0.717) is 12.8 Å². The van der Waals surface area contributed by atoms with Gasteiger partial charge in [0, 0.05) is 12.0 Å². The van der Waals surface area contributed by atoms with Crippen LogP contribution >= 0.6 is 7.15 Å². The quantitative estimate of drug-likeness (QED) is 0.485. The van der Waals surface area contributed by atoms with Gasteiger partial charge in [-0.25, -0.2) is 0 Å². The Bertz CT molecular complexity index is 352. The van der Waals surface area contributed by atoms with Gasteiger partial charge in [-0.15, -0.1) is 9.05 Å². The van der Waals surface area contributed by atoms with Gasteiger partial charge in [-0.05, 0) is 12.8 Å². The van der Waals surface area contributed by atoms with Crippen LogP contribution in [0.4, 0.5) is 0 Å². The zero-order valence-corrected chi connectivity index (χ0v) is 12.5. The van der Waals surface area contributed by atoms with Crippen LogP contribution < -0.4 is 0 Å². The van der Waals surface area contributed by atoms with Gasteiger partial charge in [0.05, 0.1) is 12.7 Å². The molecule has 10 heteroatoms. The molecule has 7 atom stereocenters. The molecule has 3 unspecified atom stereocenters. The summed E-state index contributed by atoms with van der Waals surface area (Å²) in [5.74, 6) is 0. The van der Waals surface area contributed by atoms with E-state index in [1.54, 1.807) is 0 Å². The summed E-state index contributed by atoms with van der Waals surface area (Å²) >= 11 is 5.09. The molecule has 0 spiro atoms. The van der Waals surface area contributed by atoms with Crippen molar-refractivity contribution >= 4 is 34.7 Å². The van der Waals surface area contributed by atoms with Crippen molar-refractivity contribution < 1.29 is 28.7 Å². The van der Waals surface area contributed by atoms with Crippen molar-refractivity contribution in [2.75, 3.05) is 13.2 Å². The Balaban J connectivity index is 1.73. The maximum atomic E-state index is 9.65. The average molecular weight is 317 g/mol. The van der Waals surface area contributed by atoms with E-state index in [2.05, 4.69) is 0 Å². The Hall–Kier alpha value is 0.410. The zero-order chi connectivity index (χ0) is 14.7. The van der Waals surface area contributed by atoms with Crippen LogP contribution in [0.3, 0.4) is 0 Å². The molecular formula is C10H16B2O6PS+. The van der Waals surface area contributed by atoms with E-state index >= 15 is 0 Å². The van der Waals surface area contributed by atoms with Crippen LogP contribution in [-0.2, 0) is 30.3 Å². The molecule has 2 fully saturated rings. The second kappa shape index (κ2) is 7.61. The van der Waals surface area contributed by atoms with Crippen LogP contribution in [0.15, 0.2) is 0 Å². The molecule has 0 amide bonds. The topological polar surface area (TPSA) is 77.4 Å². The minimum absolute atomic E-state index is 0.119. The van der Waals surface area contributed by atoms with Gasteiger partial charge in [-0.2, -0.15) is 0 Å². The molecule has 2 aliphatic rings. The first-order valence-electron chi connectivity index (χ1n) is 6.37. The third-order valence-corrected chi connectivity index (χ3v) is 4.60. The lowest BCUT2D eigenvalue weighted by molar-refractivity contribution is -0.00790. The fourth-order valence-electron chi connectivity index (χ4n) is 2.21. The van der Waals surface area contributed by atoms with Gasteiger partial charge in [-0.1, -0.05) is 0 Å². The molecule has 4 radical (unpaired) electrons. The number of ether oxygens (including phenoxy) is 2. The van der Waals surface area contributed by atoms with E-state index in [4.69, 9.17) is 51.1 Å². The largest absolute Gasteiger partial charge is 0.522 e. The molecule has 2 rings (SSSR count). The highest BCUT2D eigenvalue weighted by atomic mass is 32.4. The third-order valence-electron chi connectivity index (χ3n) is 3.23. The van der Waals surface area contributed by atoms with Gasteiger partial charge in [0.2, 0.25) is 11.8 Å². The number of rotatable bonds is 6. The predicted octanol–water partition coefficient (Wildman–Crippen LogP) is -0.918. The molecule has 108 valence electrons. The first-order valence-corrected chi connectivity index (χ1v) is 8.56. The molecule has 2 heterocycles. The average Bonchev–Trinajstić information content (AvgIpc) is 2.89. The number of aliphatic hydroxyl groups excluding tert-OH is 2. The number of hydrogen-bond donors (Lipinski definition) is 2. The normalized spacial score (nSPS) is 42.0. The molecule has 0 saturated carbocycles. The van der Waals surface area contributed by atoms with Gasteiger partial charge < -0.3 is 19.7 Å². The fourth-order valence-corrected chi connectivity index (χ4v) is 3.49. The van der Waals surface area contributed by atoms with Crippen molar-refractivity contribution in [2.45, 2.75) is 49.3 Å². The van der Waals surface area contributed by atoms with Crippen LogP contribution in [0, 0.1) is 0 Å². The first-order chi connectivity index (χ1) is 9.49. The monoisotopic (exact) mass is 317 g/mol. The Morgan fingerprint density at radius 1 is 1.20 bits per heavy atom. The van der Waals surface area contributed by atoms with E-state index < -0.39 is 37.5 Å². The van der Waals surface area contributed by atoms with E-state index in [1.165, 1.54) is 0 Å². The number of hydrogen-bond acceptors (Lipinski definition) is 7. The lowest BCUT2D eigenvalue weighted by Crippen LogP contribution is -2.27. The summed E-state index contributed by atoms with van der Waals surface area (Å²) in [6, 6.07) is -0.940. The highest BCUT2D eigenvalue weighted by Crippen LogP contribution is 2.34. The van der Waals surface area contributed by atoms with Crippen molar-refractivity contribution in [1.82, 2.24) is 0 Å². The van der Waals surface area contributed by atoms with Gasteiger partial charge in [0.25, 0.3) is 0 Å². The fraction of sp³-hybridized carbons (Fsp3) is 1.00. The van der Waals surface area contributed by atoms with Gasteiger partial charge in [0.1, 0.15) is 40.6 Å². The smallest absolute Gasteiger partial charge is 0.394 e. The first kappa shape index (κ1) is 16.8. The number of aliphatic hydroxyl groups is 2. The summed E-state index contributed by atoms with van der Waals surface area (Å²) in [5.41, 5.74) is 0. The summed E-state index contributed by atoms with van der Waals surface area (Å²) in [5, 5.41) is 18.8. The molecule has 6 nitrogen and oxygen atoms in total. The van der Waals surface area contributed by atoms with Crippen LogP contribution in [0.25, 0.3) is 0 Å². The summed E-state index contributed by atoms with van der Waals surface area (Å²) in [7, 11) is 9.60. The van der Waals surface area contributed by atoms with Gasteiger partial charge in [-0.3, -0.25) is 0 Å². The standard InChI is InChI=1S/C10H16B2O6PS/c11-9-1-5(14)8(17-9)4-15-19(20)18-6-2-10(12)16-7(6)3-13/h5-10,13-14H,1-4H2/q+1/t5?,6?,7-,8-,9-,10-/m1/s1. The summed E-state index contributed by atoms with van der Waals surface area (Å²) < 4.78 is 21.4. The summed E-state index contributed by atoms with van der Waals surface area (Å²) in [6.07, 6.45) is -1.17. The van der Waals surface area contributed by atoms with Crippen LogP contribution in [0.5, 0.6) is 0 Å². The van der Waals surface area contributed by atoms with E-state index in [1.807, 2.05) is 0 Å². The van der Waals surface area contributed by atoms with E-state index in [9.17, 15) is 5.11 Å². The predicted molar refractivity (Wildman–Crippen MR) is 76.3 cm³/mol. The Labute approximate surface area is 126 Å². The summed E-state index contributed by atoms with van der Waals surface area (Å²) in [4.78, 5) is 0. The lowest BCUT2D eigenvalue weighted by atomic mass is 9.96. The van der Waals surface area contributed by atoms with E-state index in [-0.39, 0.29) is 19.3 Å². The third kappa shape index (κ3) is 4.45. The molecule has 0 aromatic carbocycles. The molecule has 2 saturated heterocycles. The van der Waals surface area contributed by atoms with Gasteiger partial charge in [0.15, 0.2) is 0 Å². The van der Waals surface area contributed by atoms with Gasteiger partial charge >= 0.3 is 7.15 Å². The zero-order valence-electron chi connectivity index (χ0n) is 10.8.